The van der Waals surface area contributed by atoms with Gasteiger partial charge in [0.05, 0.1) is 21.6 Å². The van der Waals surface area contributed by atoms with E-state index in [-0.39, 0.29) is 21.8 Å². The first-order chi connectivity index (χ1) is 21.4. The van der Waals surface area contributed by atoms with Crippen LogP contribution in [0.5, 0.6) is 5.75 Å². The summed E-state index contributed by atoms with van der Waals surface area (Å²) in [5.41, 5.74) is -0.166. The van der Waals surface area contributed by atoms with E-state index in [1.807, 2.05) is 20.8 Å². The zero-order valence-corrected chi connectivity index (χ0v) is 26.4. The number of nitrogens with zero attached hydrogens (tertiary/aromatic N) is 8. The van der Waals surface area contributed by atoms with Crippen molar-refractivity contribution in [1.29, 1.82) is 0 Å². The summed E-state index contributed by atoms with van der Waals surface area (Å²) in [7, 11) is 0. The van der Waals surface area contributed by atoms with Gasteiger partial charge >= 0.3 is 0 Å². The second-order valence-electron chi connectivity index (χ2n) is 10.8. The van der Waals surface area contributed by atoms with E-state index in [1.165, 1.54) is 57.4 Å². The molecule has 0 bridgehead atoms. The van der Waals surface area contributed by atoms with E-state index in [9.17, 15) is 14.3 Å². The molecule has 232 valence electrons. The van der Waals surface area contributed by atoms with E-state index in [0.717, 1.165) is 6.07 Å². The van der Waals surface area contributed by atoms with Crippen LogP contribution in [0.25, 0.3) is 22.5 Å². The SMILES string of the molecule is CC(C)(C)C(O)C(Oc1ccc(Cl)cc1)n1cncn1.O=c1c2cc(F)ccc2nc(-n2cncn2)n1-c1ccc(Cl)cc1Cl. The maximum Gasteiger partial charge on any atom is 0.267 e. The molecule has 0 aliphatic heterocycles. The third kappa shape index (κ3) is 7.31. The molecular weight excluding hydrogens is 646 g/mol. The smallest absolute Gasteiger partial charge is 0.267 e. The molecule has 2 atom stereocenters. The highest BCUT2D eigenvalue weighted by molar-refractivity contribution is 6.35. The molecule has 0 saturated heterocycles. The summed E-state index contributed by atoms with van der Waals surface area (Å²) in [4.78, 5) is 25.2. The molecule has 6 aromatic rings. The average Bonchev–Trinajstić information content (AvgIpc) is 3.73. The molecule has 0 amide bonds. The fourth-order valence-corrected chi connectivity index (χ4v) is 4.80. The van der Waals surface area contributed by atoms with Gasteiger partial charge in [-0.3, -0.25) is 4.79 Å². The zero-order chi connectivity index (χ0) is 32.3. The van der Waals surface area contributed by atoms with Crippen molar-refractivity contribution in [3.05, 3.63) is 117 Å². The minimum atomic E-state index is -0.750. The van der Waals surface area contributed by atoms with Crippen molar-refractivity contribution in [1.82, 2.24) is 39.1 Å². The lowest BCUT2D eigenvalue weighted by molar-refractivity contribution is -0.0731. The lowest BCUT2D eigenvalue weighted by Gasteiger charge is -2.32. The molecule has 3 heterocycles. The predicted molar refractivity (Wildman–Crippen MR) is 169 cm³/mol. The van der Waals surface area contributed by atoms with Crippen molar-refractivity contribution in [3.8, 4) is 17.4 Å². The first-order valence-electron chi connectivity index (χ1n) is 13.4. The molecule has 45 heavy (non-hydrogen) atoms. The third-order valence-corrected chi connectivity index (χ3v) is 7.30. The number of hydrogen-bond acceptors (Lipinski definition) is 8. The van der Waals surface area contributed by atoms with Gasteiger partial charge in [0.25, 0.3) is 5.56 Å². The van der Waals surface area contributed by atoms with Gasteiger partial charge in [-0.25, -0.2) is 28.6 Å². The van der Waals surface area contributed by atoms with Crippen LogP contribution in [-0.2, 0) is 0 Å². The second kappa shape index (κ2) is 13.3. The van der Waals surface area contributed by atoms with Crippen LogP contribution < -0.4 is 10.3 Å². The minimum Gasteiger partial charge on any atom is -0.466 e. The fourth-order valence-electron chi connectivity index (χ4n) is 4.18. The molecule has 3 aromatic heterocycles. The van der Waals surface area contributed by atoms with Gasteiger partial charge in [-0.1, -0.05) is 55.6 Å². The lowest BCUT2D eigenvalue weighted by Crippen LogP contribution is -2.38. The van der Waals surface area contributed by atoms with Crippen molar-refractivity contribution in [2.75, 3.05) is 0 Å². The Bertz CT molecular complexity index is 1960. The summed E-state index contributed by atoms with van der Waals surface area (Å²) in [5, 5.41) is 20.0. The highest BCUT2D eigenvalue weighted by Gasteiger charge is 2.34. The van der Waals surface area contributed by atoms with Crippen LogP contribution in [0.4, 0.5) is 4.39 Å². The number of halogens is 4. The maximum absolute atomic E-state index is 13.6. The number of rotatable bonds is 6. The van der Waals surface area contributed by atoms with Crippen LogP contribution >= 0.6 is 34.8 Å². The van der Waals surface area contributed by atoms with Crippen LogP contribution in [0.1, 0.15) is 27.0 Å². The van der Waals surface area contributed by atoms with Crippen LogP contribution in [0.15, 0.2) is 90.8 Å². The fraction of sp³-hybridized carbons (Fsp3) is 0.200. The van der Waals surface area contributed by atoms with Crippen molar-refractivity contribution >= 4 is 45.7 Å². The summed E-state index contributed by atoms with van der Waals surface area (Å²) >= 11 is 18.0. The number of benzene rings is 3. The Balaban J connectivity index is 0.000000183. The summed E-state index contributed by atoms with van der Waals surface area (Å²) < 4.78 is 23.5. The Kier molecular flexibility index (Phi) is 9.49. The topological polar surface area (TPSA) is 126 Å². The molecule has 2 unspecified atom stereocenters. The van der Waals surface area contributed by atoms with Gasteiger partial charge in [0.2, 0.25) is 12.2 Å². The minimum absolute atomic E-state index is 0.120. The van der Waals surface area contributed by atoms with Gasteiger partial charge in [0.1, 0.15) is 43.0 Å². The highest BCUT2D eigenvalue weighted by Crippen LogP contribution is 2.30. The zero-order valence-electron chi connectivity index (χ0n) is 24.1. The molecule has 0 fully saturated rings. The number of aliphatic hydroxyl groups is 1. The molecule has 3 aromatic carbocycles. The molecule has 0 radical (unpaired) electrons. The van der Waals surface area contributed by atoms with Crippen molar-refractivity contribution < 1.29 is 14.2 Å². The molecule has 0 aliphatic carbocycles. The van der Waals surface area contributed by atoms with Crippen LogP contribution in [-0.4, -0.2) is 50.3 Å². The average molecular weight is 672 g/mol. The van der Waals surface area contributed by atoms with Crippen LogP contribution in [0, 0.1) is 11.2 Å². The van der Waals surface area contributed by atoms with E-state index in [2.05, 4.69) is 25.1 Å². The third-order valence-electron chi connectivity index (χ3n) is 6.51. The largest absolute Gasteiger partial charge is 0.466 e. The van der Waals surface area contributed by atoms with Gasteiger partial charge in [0.15, 0.2) is 0 Å². The van der Waals surface area contributed by atoms with Crippen LogP contribution in [0.3, 0.4) is 0 Å². The van der Waals surface area contributed by atoms with E-state index in [1.54, 1.807) is 36.4 Å². The molecule has 0 spiro atoms. The number of aromatic nitrogens is 8. The summed E-state index contributed by atoms with van der Waals surface area (Å²) in [6, 6.07) is 15.5. The highest BCUT2D eigenvalue weighted by atomic mass is 35.5. The van der Waals surface area contributed by atoms with Gasteiger partial charge in [-0.2, -0.15) is 14.9 Å². The maximum atomic E-state index is 13.6. The molecule has 6 rings (SSSR count). The molecule has 1 N–H and O–H groups in total. The van der Waals surface area contributed by atoms with E-state index >= 15 is 0 Å². The normalized spacial score (nSPS) is 12.8. The molecular formula is C30H26Cl3FN8O3. The van der Waals surface area contributed by atoms with E-state index in [4.69, 9.17) is 39.5 Å². The standard InChI is InChI=1S/C16H8Cl2FN5O.C14H18ClN3O2/c17-9-1-4-14(12(18)5-9)24-15(25)11-6-10(19)2-3-13(11)22-16(24)23-8-20-7-21-23;1-14(2,3)12(19)13(18-9-16-8-17-18)20-11-6-4-10(15)5-7-11/h1-8H;4-9,12-13,19H,1-3H3. The van der Waals surface area contributed by atoms with E-state index in [0.29, 0.717) is 27.0 Å². The molecule has 15 heteroatoms. The van der Waals surface area contributed by atoms with E-state index < -0.39 is 23.7 Å². The van der Waals surface area contributed by atoms with Crippen LogP contribution in [0.2, 0.25) is 15.1 Å². The monoisotopic (exact) mass is 670 g/mol. The molecule has 0 saturated carbocycles. The number of fused-ring (bicyclic) bond motifs is 1. The summed E-state index contributed by atoms with van der Waals surface area (Å²) in [5.74, 6) is 0.248. The number of aliphatic hydroxyl groups excluding tert-OH is 1. The first-order valence-corrected chi connectivity index (χ1v) is 14.5. The Morgan fingerprint density at radius 2 is 1.58 bits per heavy atom. The van der Waals surface area contributed by atoms with Crippen molar-refractivity contribution in [2.45, 2.75) is 33.1 Å². The summed E-state index contributed by atoms with van der Waals surface area (Å²) in [6.45, 7) is 5.81. The van der Waals surface area contributed by atoms with Crippen molar-refractivity contribution in [2.24, 2.45) is 5.41 Å². The Hall–Kier alpha value is -4.36. The van der Waals surface area contributed by atoms with Gasteiger partial charge in [0, 0.05) is 10.0 Å². The molecule has 11 nitrogen and oxygen atoms in total. The summed E-state index contributed by atoms with van der Waals surface area (Å²) in [6.07, 6.45) is 4.24. The Morgan fingerprint density at radius 3 is 2.20 bits per heavy atom. The quantitative estimate of drug-likeness (QED) is 0.218. The predicted octanol–water partition coefficient (Wildman–Crippen LogP) is 6.33. The van der Waals surface area contributed by atoms with Gasteiger partial charge in [-0.05, 0) is 66.1 Å². The van der Waals surface area contributed by atoms with Crippen molar-refractivity contribution in [3.63, 3.8) is 0 Å². The number of hydrogen-bond donors (Lipinski definition) is 1. The molecule has 0 aliphatic rings. The lowest BCUT2D eigenvalue weighted by atomic mass is 9.88. The first kappa shape index (κ1) is 32.0. The Labute approximate surface area is 271 Å². The van der Waals surface area contributed by atoms with Gasteiger partial charge in [-0.15, -0.1) is 0 Å². The Morgan fingerprint density at radius 1 is 0.889 bits per heavy atom. The number of ether oxygens (including phenoxy) is 1. The van der Waals surface area contributed by atoms with Gasteiger partial charge < -0.3 is 9.84 Å². The second-order valence-corrected chi connectivity index (χ2v) is 12.1.